The fourth-order valence-electron chi connectivity index (χ4n) is 4.86. The smallest absolute Gasteiger partial charge is 0.368 e. The van der Waals surface area contributed by atoms with Crippen LogP contribution in [0.5, 0.6) is 0 Å². The predicted octanol–water partition coefficient (Wildman–Crippen LogP) is 6.09. The number of carbonyl (C=O) groups excluding carboxylic acids is 2. The van der Waals surface area contributed by atoms with Gasteiger partial charge in [-0.3, -0.25) is 9.59 Å². The first-order valence-electron chi connectivity index (χ1n) is 13.4. The molecule has 1 aromatic carbocycles. The van der Waals surface area contributed by atoms with E-state index in [1.54, 1.807) is 16.3 Å². The topological polar surface area (TPSA) is 61.7 Å². The number of thiazole rings is 1. The van der Waals surface area contributed by atoms with Gasteiger partial charge in [-0.2, -0.15) is 13.2 Å². The Morgan fingerprint density at radius 3 is 2.54 bits per heavy atom. The Morgan fingerprint density at radius 2 is 1.83 bits per heavy atom. The van der Waals surface area contributed by atoms with Gasteiger partial charge in [-0.1, -0.05) is 19.1 Å². The van der Waals surface area contributed by atoms with Crippen molar-refractivity contribution in [1.82, 2.24) is 19.4 Å². The van der Waals surface area contributed by atoms with Crippen molar-refractivity contribution in [3.63, 3.8) is 0 Å². The Labute approximate surface area is 244 Å². The fraction of sp³-hybridized carbons (Fsp3) is 0.345. The minimum atomic E-state index is -4.39. The predicted molar refractivity (Wildman–Crippen MR) is 155 cm³/mol. The molecule has 1 aliphatic heterocycles. The summed E-state index contributed by atoms with van der Waals surface area (Å²) < 4.78 is 41.4. The highest BCUT2D eigenvalue weighted by molar-refractivity contribution is 7.12. The maximum absolute atomic E-state index is 13.2. The van der Waals surface area contributed by atoms with Crippen molar-refractivity contribution in [2.45, 2.75) is 32.6 Å². The molecular weight excluding hydrogens is 571 g/mol. The summed E-state index contributed by atoms with van der Waals surface area (Å²) in [5.41, 5.74) is 1.17. The molecule has 0 saturated carbocycles. The number of alkyl halides is 3. The van der Waals surface area contributed by atoms with Crippen LogP contribution < -0.4 is 4.90 Å². The number of halogens is 3. The van der Waals surface area contributed by atoms with Crippen molar-refractivity contribution < 1.29 is 22.8 Å². The zero-order chi connectivity index (χ0) is 29.0. The van der Waals surface area contributed by atoms with Crippen LogP contribution in [0, 0.1) is 0 Å². The van der Waals surface area contributed by atoms with Gasteiger partial charge in [0.15, 0.2) is 0 Å². The van der Waals surface area contributed by atoms with E-state index in [9.17, 15) is 22.8 Å². The van der Waals surface area contributed by atoms with Crippen molar-refractivity contribution in [3.8, 4) is 0 Å². The molecule has 0 aliphatic carbocycles. The maximum Gasteiger partial charge on any atom is 0.416 e. The van der Waals surface area contributed by atoms with Crippen LogP contribution >= 0.6 is 22.7 Å². The second-order valence-corrected chi connectivity index (χ2v) is 11.7. The molecule has 4 heterocycles. The minimum absolute atomic E-state index is 0.0184. The highest BCUT2D eigenvalue weighted by atomic mass is 32.1. The van der Waals surface area contributed by atoms with E-state index in [0.29, 0.717) is 57.2 Å². The molecule has 0 N–H and O–H groups in total. The van der Waals surface area contributed by atoms with Crippen LogP contribution in [0.3, 0.4) is 0 Å². The van der Waals surface area contributed by atoms with Gasteiger partial charge >= 0.3 is 6.18 Å². The molecule has 5 rings (SSSR count). The molecule has 0 bridgehead atoms. The number of nitrogens with zero attached hydrogens (tertiary/aromatic N) is 5. The lowest BCUT2D eigenvalue weighted by Gasteiger charge is -2.36. The van der Waals surface area contributed by atoms with Crippen LogP contribution in [0.4, 0.5) is 18.9 Å². The van der Waals surface area contributed by atoms with Gasteiger partial charge in [0, 0.05) is 55.7 Å². The summed E-state index contributed by atoms with van der Waals surface area (Å²) in [6.45, 7) is 5.34. The van der Waals surface area contributed by atoms with E-state index in [4.69, 9.17) is 0 Å². The number of hydrogen-bond donors (Lipinski definition) is 0. The first-order valence-corrected chi connectivity index (χ1v) is 15.1. The summed E-state index contributed by atoms with van der Waals surface area (Å²) in [4.78, 5) is 36.9. The van der Waals surface area contributed by atoms with Crippen LogP contribution in [0.25, 0.3) is 0 Å². The molecule has 3 aromatic heterocycles. The number of benzene rings is 1. The molecule has 1 saturated heterocycles. The van der Waals surface area contributed by atoms with E-state index >= 15 is 0 Å². The molecule has 1 fully saturated rings. The summed E-state index contributed by atoms with van der Waals surface area (Å²) in [5, 5.41) is 4.43. The molecule has 0 radical (unpaired) electrons. The number of thiophene rings is 1. The van der Waals surface area contributed by atoms with Gasteiger partial charge in [-0.15, -0.1) is 22.7 Å². The lowest BCUT2D eigenvalue weighted by molar-refractivity contribution is -0.137. The molecule has 12 heteroatoms. The highest BCUT2D eigenvalue weighted by Gasteiger charge is 2.31. The van der Waals surface area contributed by atoms with Crippen molar-refractivity contribution in [1.29, 1.82) is 0 Å². The van der Waals surface area contributed by atoms with E-state index in [2.05, 4.69) is 4.98 Å². The lowest BCUT2D eigenvalue weighted by atomic mass is 10.1. The normalized spacial score (nSPS) is 14.0. The SMILES string of the molecule is CCCN(Cc1cccn1Cc1nc(C(=O)N2CCN(c3cccc(C(F)(F)F)c3)CC2)cs1)C(=O)c1cccs1. The Kier molecular flexibility index (Phi) is 8.79. The van der Waals surface area contributed by atoms with Gasteiger partial charge in [-0.25, -0.2) is 4.98 Å². The monoisotopic (exact) mass is 601 g/mol. The molecule has 216 valence electrons. The fourth-order valence-corrected chi connectivity index (χ4v) is 6.31. The zero-order valence-electron chi connectivity index (χ0n) is 22.5. The Morgan fingerprint density at radius 1 is 1.02 bits per heavy atom. The van der Waals surface area contributed by atoms with Crippen LogP contribution in [0.15, 0.2) is 65.5 Å². The number of anilines is 1. The van der Waals surface area contributed by atoms with Crippen molar-refractivity contribution in [2.75, 3.05) is 37.6 Å². The number of aromatic nitrogens is 2. The molecule has 4 aromatic rings. The third-order valence-corrected chi connectivity index (χ3v) is 8.66. The molecule has 41 heavy (non-hydrogen) atoms. The van der Waals surface area contributed by atoms with E-state index in [1.165, 1.54) is 28.7 Å². The van der Waals surface area contributed by atoms with E-state index in [-0.39, 0.29) is 11.8 Å². The van der Waals surface area contributed by atoms with Gasteiger partial charge in [0.2, 0.25) is 0 Å². The first-order chi connectivity index (χ1) is 19.7. The standard InChI is InChI=1S/C29H30F3N5O2S2/c1-2-10-37(28(39)25-9-5-16-40-25)18-23-8-4-11-36(23)19-26-33-24(20-41-26)27(38)35-14-12-34(13-15-35)22-7-3-6-21(17-22)29(30,31)32/h3-9,11,16-17,20H,2,10,12-15,18-19H2,1H3. The summed E-state index contributed by atoms with van der Waals surface area (Å²) in [6.07, 6.45) is -1.59. The number of amides is 2. The highest BCUT2D eigenvalue weighted by Crippen LogP contribution is 2.32. The molecule has 0 unspecified atom stereocenters. The number of hydrogen-bond acceptors (Lipinski definition) is 6. The summed E-state index contributed by atoms with van der Waals surface area (Å²) >= 11 is 2.84. The Bertz CT molecular complexity index is 1470. The molecule has 0 spiro atoms. The van der Waals surface area contributed by atoms with Crippen molar-refractivity contribution >= 4 is 40.2 Å². The van der Waals surface area contributed by atoms with Crippen molar-refractivity contribution in [2.24, 2.45) is 0 Å². The average Bonchev–Trinajstić information content (AvgIpc) is 3.75. The maximum atomic E-state index is 13.2. The van der Waals surface area contributed by atoms with E-state index in [1.807, 2.05) is 57.1 Å². The quantitative estimate of drug-likeness (QED) is 0.233. The van der Waals surface area contributed by atoms with Gasteiger partial charge < -0.3 is 19.3 Å². The van der Waals surface area contributed by atoms with E-state index < -0.39 is 11.7 Å². The van der Waals surface area contributed by atoms with Gasteiger partial charge in [0.25, 0.3) is 11.8 Å². The molecule has 0 atom stereocenters. The lowest BCUT2D eigenvalue weighted by Crippen LogP contribution is -2.49. The Hall–Kier alpha value is -3.64. The van der Waals surface area contributed by atoms with Crippen LogP contribution in [-0.4, -0.2) is 63.9 Å². The van der Waals surface area contributed by atoms with Crippen LogP contribution in [0.2, 0.25) is 0 Å². The third-order valence-electron chi connectivity index (χ3n) is 6.97. The van der Waals surface area contributed by atoms with Crippen molar-refractivity contribution in [3.05, 3.63) is 92.3 Å². The van der Waals surface area contributed by atoms with Crippen LogP contribution in [0.1, 0.15) is 49.8 Å². The second kappa shape index (κ2) is 12.5. The number of piperazine rings is 1. The van der Waals surface area contributed by atoms with Gasteiger partial charge in [0.1, 0.15) is 10.7 Å². The Balaban J connectivity index is 1.19. The van der Waals surface area contributed by atoms with Gasteiger partial charge in [0.05, 0.1) is 23.5 Å². The summed E-state index contributed by atoms with van der Waals surface area (Å²) in [6, 6.07) is 12.9. The second-order valence-electron chi connectivity index (χ2n) is 9.79. The first kappa shape index (κ1) is 28.9. The molecule has 2 amide bonds. The summed E-state index contributed by atoms with van der Waals surface area (Å²) in [7, 11) is 0. The van der Waals surface area contributed by atoms with Crippen LogP contribution in [-0.2, 0) is 19.3 Å². The molecular formula is C29H30F3N5O2S2. The average molecular weight is 602 g/mol. The van der Waals surface area contributed by atoms with E-state index in [0.717, 1.165) is 34.1 Å². The van der Waals surface area contributed by atoms with Gasteiger partial charge in [-0.05, 0) is 48.2 Å². The number of carbonyl (C=O) groups is 2. The largest absolute Gasteiger partial charge is 0.416 e. The molecule has 7 nitrogen and oxygen atoms in total. The zero-order valence-corrected chi connectivity index (χ0v) is 24.1. The minimum Gasteiger partial charge on any atom is -0.368 e. The third kappa shape index (κ3) is 6.82. The summed E-state index contributed by atoms with van der Waals surface area (Å²) in [5.74, 6) is -0.163. The number of rotatable bonds is 9. The molecule has 1 aliphatic rings.